The number of hydrogen-bond acceptors (Lipinski definition) is 2. The molecule has 0 bridgehead atoms. The van der Waals surface area contributed by atoms with Crippen LogP contribution in [0.4, 0.5) is 4.39 Å². The lowest BCUT2D eigenvalue weighted by molar-refractivity contribution is 0.218. The minimum atomic E-state index is -0.807. The summed E-state index contributed by atoms with van der Waals surface area (Å²) in [6, 6.07) is 6.26. The first-order valence-electron chi connectivity index (χ1n) is 6.00. The third kappa shape index (κ3) is 2.41. The van der Waals surface area contributed by atoms with Crippen LogP contribution in [-0.2, 0) is 6.42 Å². The van der Waals surface area contributed by atoms with Crippen LogP contribution in [0.5, 0.6) is 0 Å². The van der Waals surface area contributed by atoms with Crippen LogP contribution < -0.4 is 0 Å². The second-order valence-corrected chi connectivity index (χ2v) is 4.33. The van der Waals surface area contributed by atoms with Crippen LogP contribution in [0.2, 0.25) is 0 Å². The van der Waals surface area contributed by atoms with Gasteiger partial charge in [0.15, 0.2) is 0 Å². The first-order chi connectivity index (χ1) is 8.63. The predicted molar refractivity (Wildman–Crippen MR) is 68.8 cm³/mol. The van der Waals surface area contributed by atoms with Gasteiger partial charge in [-0.2, -0.15) is 0 Å². The average Bonchev–Trinajstić information content (AvgIpc) is 2.40. The number of halogens is 1. The largest absolute Gasteiger partial charge is 0.384 e. The molecule has 0 amide bonds. The van der Waals surface area contributed by atoms with E-state index in [-0.39, 0.29) is 5.82 Å². The zero-order valence-corrected chi connectivity index (χ0v) is 10.5. The number of pyridine rings is 1. The Morgan fingerprint density at radius 3 is 2.78 bits per heavy atom. The summed E-state index contributed by atoms with van der Waals surface area (Å²) in [4.78, 5) is 4.05. The molecule has 1 N–H and O–H groups in total. The number of aliphatic hydroxyl groups excluding tert-OH is 1. The van der Waals surface area contributed by atoms with Gasteiger partial charge >= 0.3 is 0 Å². The van der Waals surface area contributed by atoms with Crippen molar-refractivity contribution in [1.29, 1.82) is 0 Å². The van der Waals surface area contributed by atoms with Crippen LogP contribution in [0.15, 0.2) is 36.7 Å². The Hall–Kier alpha value is -1.74. The molecule has 1 aromatic carbocycles. The Morgan fingerprint density at radius 1 is 1.28 bits per heavy atom. The Bertz CT molecular complexity index is 554. The summed E-state index contributed by atoms with van der Waals surface area (Å²) in [5, 5.41) is 10.4. The van der Waals surface area contributed by atoms with E-state index in [0.29, 0.717) is 5.56 Å². The molecule has 2 nitrogen and oxygen atoms in total. The van der Waals surface area contributed by atoms with Gasteiger partial charge < -0.3 is 5.11 Å². The van der Waals surface area contributed by atoms with Crippen LogP contribution in [0.1, 0.15) is 35.3 Å². The fraction of sp³-hybridized carbons (Fsp3) is 0.267. The number of rotatable bonds is 3. The summed E-state index contributed by atoms with van der Waals surface area (Å²) in [5.41, 5.74) is 3.26. The molecule has 2 aromatic rings. The monoisotopic (exact) mass is 245 g/mol. The molecule has 0 fully saturated rings. The van der Waals surface area contributed by atoms with Gasteiger partial charge in [0.1, 0.15) is 11.9 Å². The van der Waals surface area contributed by atoms with Crippen molar-refractivity contribution in [2.24, 2.45) is 0 Å². The Labute approximate surface area is 106 Å². The van der Waals surface area contributed by atoms with E-state index < -0.39 is 6.10 Å². The van der Waals surface area contributed by atoms with Crippen molar-refractivity contribution in [3.63, 3.8) is 0 Å². The lowest BCUT2D eigenvalue weighted by Crippen LogP contribution is -2.06. The van der Waals surface area contributed by atoms with E-state index in [1.807, 2.05) is 13.8 Å². The van der Waals surface area contributed by atoms with Crippen molar-refractivity contribution in [1.82, 2.24) is 4.98 Å². The smallest absolute Gasteiger partial charge is 0.123 e. The van der Waals surface area contributed by atoms with Gasteiger partial charge in [0.25, 0.3) is 0 Å². The zero-order chi connectivity index (χ0) is 13.1. The maximum Gasteiger partial charge on any atom is 0.123 e. The van der Waals surface area contributed by atoms with Crippen LogP contribution in [-0.4, -0.2) is 10.1 Å². The normalized spacial score (nSPS) is 12.4. The lowest BCUT2D eigenvalue weighted by Gasteiger charge is -2.17. The summed E-state index contributed by atoms with van der Waals surface area (Å²) in [7, 11) is 0. The van der Waals surface area contributed by atoms with Gasteiger partial charge in [-0.25, -0.2) is 4.39 Å². The van der Waals surface area contributed by atoms with Gasteiger partial charge in [0.05, 0.1) is 0 Å². The molecule has 0 aliphatic rings. The van der Waals surface area contributed by atoms with E-state index in [0.717, 1.165) is 23.1 Å². The number of nitrogens with zero attached hydrogens (tertiary/aromatic N) is 1. The van der Waals surface area contributed by atoms with Crippen LogP contribution in [0.25, 0.3) is 0 Å². The van der Waals surface area contributed by atoms with E-state index in [2.05, 4.69) is 4.98 Å². The molecule has 0 radical (unpaired) electrons. The highest BCUT2D eigenvalue weighted by Crippen LogP contribution is 2.27. The highest BCUT2D eigenvalue weighted by molar-refractivity contribution is 5.38. The second-order valence-electron chi connectivity index (χ2n) is 4.33. The Morgan fingerprint density at radius 2 is 2.06 bits per heavy atom. The first-order valence-corrected chi connectivity index (χ1v) is 6.00. The minimum absolute atomic E-state index is 0.332. The Kier molecular flexibility index (Phi) is 3.72. The van der Waals surface area contributed by atoms with Crippen molar-refractivity contribution < 1.29 is 9.50 Å². The number of aliphatic hydroxyl groups is 1. The van der Waals surface area contributed by atoms with Crippen LogP contribution in [0.3, 0.4) is 0 Å². The van der Waals surface area contributed by atoms with E-state index in [1.165, 1.54) is 12.1 Å². The molecular weight excluding hydrogens is 229 g/mol. The molecule has 1 aromatic heterocycles. The fourth-order valence-corrected chi connectivity index (χ4v) is 2.07. The zero-order valence-electron chi connectivity index (χ0n) is 10.5. The van der Waals surface area contributed by atoms with Crippen molar-refractivity contribution in [3.05, 3.63) is 64.7 Å². The molecule has 3 heteroatoms. The predicted octanol–water partition coefficient (Wildman–Crippen LogP) is 3.17. The number of aromatic nitrogens is 1. The molecule has 94 valence electrons. The SMILES string of the molecule is CCc1cnccc1C(O)c1cc(F)ccc1C. The van der Waals surface area contributed by atoms with Crippen molar-refractivity contribution in [3.8, 4) is 0 Å². The fourth-order valence-electron chi connectivity index (χ4n) is 2.07. The van der Waals surface area contributed by atoms with Gasteiger partial charge in [-0.05, 0) is 53.8 Å². The van der Waals surface area contributed by atoms with Gasteiger partial charge in [-0.15, -0.1) is 0 Å². The van der Waals surface area contributed by atoms with Crippen molar-refractivity contribution in [2.75, 3.05) is 0 Å². The maximum absolute atomic E-state index is 13.3. The number of hydrogen-bond donors (Lipinski definition) is 1. The standard InChI is InChI=1S/C15H16FNO/c1-3-11-9-17-7-6-13(11)15(18)14-8-12(16)5-4-10(14)2/h4-9,15,18H,3H2,1-2H3. The second kappa shape index (κ2) is 5.27. The van der Waals surface area contributed by atoms with E-state index in [9.17, 15) is 9.50 Å². The summed E-state index contributed by atoms with van der Waals surface area (Å²) in [6.45, 7) is 3.87. The summed E-state index contributed by atoms with van der Waals surface area (Å²) in [5.74, 6) is -0.332. The van der Waals surface area contributed by atoms with E-state index >= 15 is 0 Å². The van der Waals surface area contributed by atoms with Crippen molar-refractivity contribution in [2.45, 2.75) is 26.4 Å². The summed E-state index contributed by atoms with van der Waals surface area (Å²) >= 11 is 0. The molecule has 1 heterocycles. The molecule has 0 aliphatic carbocycles. The molecule has 1 unspecified atom stereocenters. The Balaban J connectivity index is 2.47. The minimum Gasteiger partial charge on any atom is -0.384 e. The molecule has 1 atom stereocenters. The third-order valence-electron chi connectivity index (χ3n) is 3.15. The molecule has 18 heavy (non-hydrogen) atoms. The third-order valence-corrected chi connectivity index (χ3v) is 3.15. The number of aryl methyl sites for hydroxylation is 2. The lowest BCUT2D eigenvalue weighted by atomic mass is 9.94. The quantitative estimate of drug-likeness (QED) is 0.901. The number of benzene rings is 1. The van der Waals surface area contributed by atoms with Crippen molar-refractivity contribution >= 4 is 0 Å². The highest BCUT2D eigenvalue weighted by Gasteiger charge is 2.16. The van der Waals surface area contributed by atoms with Gasteiger partial charge in [0.2, 0.25) is 0 Å². The van der Waals surface area contributed by atoms with Gasteiger partial charge in [-0.1, -0.05) is 13.0 Å². The summed E-state index contributed by atoms with van der Waals surface area (Å²) < 4.78 is 13.3. The van der Waals surface area contributed by atoms with Gasteiger partial charge in [0, 0.05) is 12.4 Å². The molecule has 0 spiro atoms. The summed E-state index contributed by atoms with van der Waals surface area (Å²) in [6.07, 6.45) is 3.37. The molecule has 2 rings (SSSR count). The average molecular weight is 245 g/mol. The molecule has 0 saturated carbocycles. The first kappa shape index (κ1) is 12.7. The van der Waals surface area contributed by atoms with E-state index in [4.69, 9.17) is 0 Å². The molecule has 0 aliphatic heterocycles. The topological polar surface area (TPSA) is 33.1 Å². The highest BCUT2D eigenvalue weighted by atomic mass is 19.1. The maximum atomic E-state index is 13.3. The van der Waals surface area contributed by atoms with Crippen LogP contribution in [0, 0.1) is 12.7 Å². The van der Waals surface area contributed by atoms with Gasteiger partial charge in [-0.3, -0.25) is 4.98 Å². The molecular formula is C15H16FNO. The van der Waals surface area contributed by atoms with Crippen LogP contribution >= 0.6 is 0 Å². The molecule has 0 saturated heterocycles. The van der Waals surface area contributed by atoms with E-state index in [1.54, 1.807) is 24.5 Å².